The first-order valence-electron chi connectivity index (χ1n) is 9.97. The normalized spacial score (nSPS) is 10.5. The second-order valence-corrected chi connectivity index (χ2v) is 7.41. The lowest BCUT2D eigenvalue weighted by Crippen LogP contribution is -2.05. The molecule has 154 valence electrons. The lowest BCUT2D eigenvalue weighted by molar-refractivity contribution is 0.760. The number of aromatic nitrogens is 4. The van der Waals surface area contributed by atoms with Gasteiger partial charge in [-0.3, -0.25) is 0 Å². The van der Waals surface area contributed by atoms with Gasteiger partial charge in [-0.15, -0.1) is 0 Å². The van der Waals surface area contributed by atoms with E-state index in [0.29, 0.717) is 17.3 Å². The summed E-state index contributed by atoms with van der Waals surface area (Å²) in [6, 6.07) is 15.5. The Balaban J connectivity index is 1.51. The third kappa shape index (κ3) is 4.70. The van der Waals surface area contributed by atoms with E-state index in [0.717, 1.165) is 34.9 Å². The van der Waals surface area contributed by atoms with Gasteiger partial charge in [0.2, 0.25) is 5.95 Å². The summed E-state index contributed by atoms with van der Waals surface area (Å²) in [6.07, 6.45) is 5.53. The summed E-state index contributed by atoms with van der Waals surface area (Å²) in [7, 11) is 0. The van der Waals surface area contributed by atoms with Crippen molar-refractivity contribution in [1.29, 1.82) is 5.26 Å². The maximum atomic E-state index is 8.93. The highest BCUT2D eigenvalue weighted by Gasteiger charge is 2.09. The Morgan fingerprint density at radius 3 is 2.32 bits per heavy atom. The molecule has 0 bridgehead atoms. The molecule has 0 fully saturated rings. The van der Waals surface area contributed by atoms with Crippen LogP contribution in [0.25, 0.3) is 0 Å². The molecule has 0 spiro atoms. The first kappa shape index (κ1) is 20.1. The molecule has 0 radical (unpaired) electrons. The summed E-state index contributed by atoms with van der Waals surface area (Å²) in [5.41, 5.74) is 5.99. The van der Waals surface area contributed by atoms with Crippen LogP contribution in [0.5, 0.6) is 0 Å². The standard InChI is InChI=1S/C24H23N7/c1-16-12-20(15-31-11-10-26-18(31)3)13-17(2)23(16)29-22-8-9-27-24(30-22)28-21-6-4-19(14-25)5-7-21/h4-13H,15H2,1-3H3,(H2,27,28,29,30). The molecule has 2 heterocycles. The van der Waals surface area contributed by atoms with Crippen molar-refractivity contribution in [3.63, 3.8) is 0 Å². The molecule has 0 atom stereocenters. The Labute approximate surface area is 181 Å². The van der Waals surface area contributed by atoms with Crippen molar-refractivity contribution in [3.05, 3.63) is 89.1 Å². The topological polar surface area (TPSA) is 91.5 Å². The van der Waals surface area contributed by atoms with E-state index in [4.69, 9.17) is 5.26 Å². The van der Waals surface area contributed by atoms with Crippen molar-refractivity contribution in [2.45, 2.75) is 27.3 Å². The fourth-order valence-corrected chi connectivity index (χ4v) is 3.48. The molecular formula is C24H23N7. The van der Waals surface area contributed by atoms with Crippen LogP contribution in [0.1, 0.15) is 28.1 Å². The van der Waals surface area contributed by atoms with Crippen LogP contribution in [0.3, 0.4) is 0 Å². The molecule has 2 N–H and O–H groups in total. The van der Waals surface area contributed by atoms with Crippen molar-refractivity contribution in [1.82, 2.24) is 19.5 Å². The van der Waals surface area contributed by atoms with Gasteiger partial charge in [-0.1, -0.05) is 12.1 Å². The predicted molar refractivity (Wildman–Crippen MR) is 122 cm³/mol. The van der Waals surface area contributed by atoms with Gasteiger partial charge in [0.15, 0.2) is 0 Å². The quantitative estimate of drug-likeness (QED) is 0.465. The Morgan fingerprint density at radius 1 is 0.935 bits per heavy atom. The average molecular weight is 409 g/mol. The molecule has 31 heavy (non-hydrogen) atoms. The molecule has 0 aliphatic heterocycles. The van der Waals surface area contributed by atoms with Gasteiger partial charge in [-0.05, 0) is 67.8 Å². The highest BCUT2D eigenvalue weighted by atomic mass is 15.1. The third-order valence-electron chi connectivity index (χ3n) is 5.05. The minimum atomic E-state index is 0.484. The molecule has 0 aliphatic carbocycles. The minimum absolute atomic E-state index is 0.484. The van der Waals surface area contributed by atoms with E-state index in [9.17, 15) is 0 Å². The molecule has 0 amide bonds. The van der Waals surface area contributed by atoms with Gasteiger partial charge < -0.3 is 15.2 Å². The monoisotopic (exact) mass is 409 g/mol. The SMILES string of the molecule is Cc1cc(Cn2ccnc2C)cc(C)c1Nc1ccnc(Nc2ccc(C#N)cc2)n1. The van der Waals surface area contributed by atoms with E-state index in [-0.39, 0.29) is 0 Å². The maximum absolute atomic E-state index is 8.93. The van der Waals surface area contributed by atoms with E-state index < -0.39 is 0 Å². The molecule has 0 unspecified atom stereocenters. The van der Waals surface area contributed by atoms with E-state index >= 15 is 0 Å². The Morgan fingerprint density at radius 2 is 1.68 bits per heavy atom. The summed E-state index contributed by atoms with van der Waals surface area (Å²) >= 11 is 0. The Hall–Kier alpha value is -4.18. The van der Waals surface area contributed by atoms with Crippen molar-refractivity contribution in [3.8, 4) is 6.07 Å². The van der Waals surface area contributed by atoms with Crippen LogP contribution in [-0.2, 0) is 6.54 Å². The maximum Gasteiger partial charge on any atom is 0.229 e. The summed E-state index contributed by atoms with van der Waals surface area (Å²) in [5, 5.41) is 15.5. The molecule has 0 saturated heterocycles. The highest BCUT2D eigenvalue weighted by molar-refractivity contribution is 5.66. The van der Waals surface area contributed by atoms with Gasteiger partial charge in [0.25, 0.3) is 0 Å². The van der Waals surface area contributed by atoms with E-state index in [1.54, 1.807) is 18.3 Å². The van der Waals surface area contributed by atoms with Gasteiger partial charge in [-0.25, -0.2) is 9.97 Å². The number of imidazole rings is 1. The van der Waals surface area contributed by atoms with E-state index in [1.165, 1.54) is 5.56 Å². The second kappa shape index (κ2) is 8.67. The van der Waals surface area contributed by atoms with Crippen LogP contribution < -0.4 is 10.6 Å². The number of nitriles is 1. The first-order valence-corrected chi connectivity index (χ1v) is 9.97. The van der Waals surface area contributed by atoms with E-state index in [2.05, 4.69) is 62.2 Å². The van der Waals surface area contributed by atoms with Crippen LogP contribution in [0.15, 0.2) is 61.1 Å². The molecule has 4 aromatic rings. The Bertz CT molecular complexity index is 1230. The zero-order valence-electron chi connectivity index (χ0n) is 17.7. The van der Waals surface area contributed by atoms with Crippen molar-refractivity contribution in [2.24, 2.45) is 0 Å². The molecule has 4 rings (SSSR count). The lowest BCUT2D eigenvalue weighted by atomic mass is 10.0. The number of hydrogen-bond donors (Lipinski definition) is 2. The molecule has 2 aromatic heterocycles. The number of anilines is 4. The van der Waals surface area contributed by atoms with Crippen LogP contribution in [-0.4, -0.2) is 19.5 Å². The van der Waals surface area contributed by atoms with Gasteiger partial charge in [0, 0.05) is 36.5 Å². The van der Waals surface area contributed by atoms with Crippen molar-refractivity contribution < 1.29 is 0 Å². The molecule has 2 aromatic carbocycles. The van der Waals surface area contributed by atoms with Crippen molar-refractivity contribution in [2.75, 3.05) is 10.6 Å². The van der Waals surface area contributed by atoms with Gasteiger partial charge >= 0.3 is 0 Å². The molecule has 7 heteroatoms. The number of nitrogens with one attached hydrogen (secondary N) is 2. The highest BCUT2D eigenvalue weighted by Crippen LogP contribution is 2.26. The zero-order chi connectivity index (χ0) is 21.8. The molecular weight excluding hydrogens is 386 g/mol. The molecule has 7 nitrogen and oxygen atoms in total. The Kier molecular flexibility index (Phi) is 5.63. The molecule has 0 aliphatic rings. The first-order chi connectivity index (χ1) is 15.0. The number of benzene rings is 2. The minimum Gasteiger partial charge on any atom is -0.340 e. The number of aryl methyl sites for hydroxylation is 3. The summed E-state index contributed by atoms with van der Waals surface area (Å²) in [6.45, 7) is 6.99. The van der Waals surface area contributed by atoms with Crippen LogP contribution in [0.4, 0.5) is 23.1 Å². The fourth-order valence-electron chi connectivity index (χ4n) is 3.48. The average Bonchev–Trinajstić information content (AvgIpc) is 3.16. The largest absolute Gasteiger partial charge is 0.340 e. The number of hydrogen-bond acceptors (Lipinski definition) is 6. The molecule has 0 saturated carbocycles. The predicted octanol–water partition coefficient (Wildman–Crippen LogP) is 5.01. The van der Waals surface area contributed by atoms with Crippen molar-refractivity contribution >= 4 is 23.1 Å². The van der Waals surface area contributed by atoms with Crippen LogP contribution >= 0.6 is 0 Å². The van der Waals surface area contributed by atoms with Crippen LogP contribution in [0.2, 0.25) is 0 Å². The summed E-state index contributed by atoms with van der Waals surface area (Å²) in [5.74, 6) is 2.19. The van der Waals surface area contributed by atoms with Crippen LogP contribution in [0, 0.1) is 32.1 Å². The number of rotatable bonds is 6. The van der Waals surface area contributed by atoms with E-state index in [1.807, 2.05) is 37.5 Å². The smallest absolute Gasteiger partial charge is 0.229 e. The van der Waals surface area contributed by atoms with Gasteiger partial charge in [0.05, 0.1) is 11.6 Å². The fraction of sp³-hybridized carbons (Fsp3) is 0.167. The van der Waals surface area contributed by atoms with Gasteiger partial charge in [0.1, 0.15) is 11.6 Å². The zero-order valence-corrected chi connectivity index (χ0v) is 17.7. The summed E-state index contributed by atoms with van der Waals surface area (Å²) in [4.78, 5) is 13.2. The number of nitrogens with zero attached hydrogens (tertiary/aromatic N) is 5. The second-order valence-electron chi connectivity index (χ2n) is 7.41. The lowest BCUT2D eigenvalue weighted by Gasteiger charge is -2.15. The third-order valence-corrected chi connectivity index (χ3v) is 5.05. The van der Waals surface area contributed by atoms with Gasteiger partial charge in [-0.2, -0.15) is 10.2 Å². The summed E-state index contributed by atoms with van der Waals surface area (Å²) < 4.78 is 2.13.